The minimum atomic E-state index is -4.35. The maximum atomic E-state index is 12.6. The molecule has 3 atom stereocenters. The zero-order valence-corrected chi connectivity index (χ0v) is 11.4. The van der Waals surface area contributed by atoms with E-state index in [2.05, 4.69) is 15.6 Å². The maximum absolute atomic E-state index is 12.6. The number of alkyl halides is 3. The topological polar surface area (TPSA) is 46.2 Å². The van der Waals surface area contributed by atoms with Crippen LogP contribution in [0.2, 0.25) is 0 Å². The van der Waals surface area contributed by atoms with Crippen molar-refractivity contribution in [3.05, 3.63) is 23.9 Å². The van der Waals surface area contributed by atoms with Crippen LogP contribution in [0, 0.1) is 0 Å². The van der Waals surface area contributed by atoms with Crippen molar-refractivity contribution in [1.29, 1.82) is 0 Å². The number of nitrogens with one attached hydrogen (secondary N) is 2. The second kappa shape index (κ2) is 5.97. The highest BCUT2D eigenvalue weighted by molar-refractivity contribution is 5.38. The molecule has 2 heterocycles. The largest absolute Gasteiger partial charge is 0.416 e. The highest BCUT2D eigenvalue weighted by Crippen LogP contribution is 2.29. The van der Waals surface area contributed by atoms with E-state index < -0.39 is 11.7 Å². The Hall–Kier alpha value is -1.34. The lowest BCUT2D eigenvalue weighted by molar-refractivity contribution is -0.137. The maximum Gasteiger partial charge on any atom is 0.416 e. The third-order valence-corrected chi connectivity index (χ3v) is 3.27. The Kier molecular flexibility index (Phi) is 4.49. The number of ether oxygens (including phenoxy) is 1. The Morgan fingerprint density at radius 2 is 2.20 bits per heavy atom. The summed E-state index contributed by atoms with van der Waals surface area (Å²) in [6.45, 7) is 5.10. The molecule has 2 rings (SSSR count). The lowest BCUT2D eigenvalue weighted by Gasteiger charge is -2.34. The molecule has 0 bridgehead atoms. The molecule has 0 radical (unpaired) electrons. The van der Waals surface area contributed by atoms with Gasteiger partial charge in [0.25, 0.3) is 0 Å². The fourth-order valence-corrected chi connectivity index (χ4v) is 2.15. The Labute approximate surface area is 115 Å². The van der Waals surface area contributed by atoms with Crippen LogP contribution in [-0.2, 0) is 10.9 Å². The fraction of sp³-hybridized carbons (Fsp3) is 0.615. The number of aromatic nitrogens is 1. The number of morpholine rings is 1. The van der Waals surface area contributed by atoms with Gasteiger partial charge in [-0.3, -0.25) is 0 Å². The number of pyridine rings is 1. The van der Waals surface area contributed by atoms with Crippen LogP contribution >= 0.6 is 0 Å². The van der Waals surface area contributed by atoms with Gasteiger partial charge in [-0.15, -0.1) is 0 Å². The molecular formula is C13H18F3N3O. The third kappa shape index (κ3) is 3.83. The van der Waals surface area contributed by atoms with Crippen molar-refractivity contribution < 1.29 is 17.9 Å². The SMILES string of the molecule is C[C@@H]1O[C@@H](C)CN[C@@H]1CNc1cc(C(F)(F)F)ccn1. The van der Waals surface area contributed by atoms with Gasteiger partial charge in [-0.25, -0.2) is 4.98 Å². The summed E-state index contributed by atoms with van der Waals surface area (Å²) >= 11 is 0. The van der Waals surface area contributed by atoms with Gasteiger partial charge in [-0.1, -0.05) is 0 Å². The van der Waals surface area contributed by atoms with Crippen molar-refractivity contribution in [2.24, 2.45) is 0 Å². The summed E-state index contributed by atoms with van der Waals surface area (Å²) in [5.41, 5.74) is -0.704. The number of hydrogen-bond donors (Lipinski definition) is 2. The number of nitrogens with zero attached hydrogens (tertiary/aromatic N) is 1. The Morgan fingerprint density at radius 1 is 1.45 bits per heavy atom. The summed E-state index contributed by atoms with van der Waals surface area (Å²) in [5.74, 6) is 0.215. The molecule has 2 N–H and O–H groups in total. The molecule has 0 aliphatic carbocycles. The second-order valence-corrected chi connectivity index (χ2v) is 4.97. The molecule has 1 fully saturated rings. The van der Waals surface area contributed by atoms with Crippen molar-refractivity contribution in [2.45, 2.75) is 38.3 Å². The van der Waals surface area contributed by atoms with Gasteiger partial charge in [0.05, 0.1) is 23.8 Å². The molecule has 1 aromatic rings. The van der Waals surface area contributed by atoms with E-state index in [1.165, 1.54) is 0 Å². The molecule has 0 spiro atoms. The van der Waals surface area contributed by atoms with Crippen LogP contribution in [0.1, 0.15) is 19.4 Å². The van der Waals surface area contributed by atoms with E-state index >= 15 is 0 Å². The summed E-state index contributed by atoms with van der Waals surface area (Å²) in [7, 11) is 0. The molecule has 0 saturated carbocycles. The molecule has 112 valence electrons. The van der Waals surface area contributed by atoms with E-state index in [0.29, 0.717) is 6.54 Å². The second-order valence-electron chi connectivity index (χ2n) is 4.97. The monoisotopic (exact) mass is 289 g/mol. The first-order chi connectivity index (χ1) is 9.36. The molecule has 20 heavy (non-hydrogen) atoms. The first-order valence-corrected chi connectivity index (χ1v) is 6.52. The lowest BCUT2D eigenvalue weighted by atomic mass is 10.1. The van der Waals surface area contributed by atoms with E-state index in [0.717, 1.165) is 24.9 Å². The van der Waals surface area contributed by atoms with Crippen LogP contribution in [0.15, 0.2) is 18.3 Å². The van der Waals surface area contributed by atoms with Crippen LogP contribution in [0.25, 0.3) is 0 Å². The molecule has 4 nitrogen and oxygen atoms in total. The molecule has 7 heteroatoms. The Bertz CT molecular complexity index is 453. The van der Waals surface area contributed by atoms with Crippen molar-refractivity contribution >= 4 is 5.82 Å². The van der Waals surface area contributed by atoms with Crippen molar-refractivity contribution in [1.82, 2.24) is 10.3 Å². The van der Waals surface area contributed by atoms with Gasteiger partial charge >= 0.3 is 6.18 Å². The standard InChI is InChI=1S/C13H18F3N3O/c1-8-6-18-11(9(2)20-8)7-19-12-5-10(3-4-17-12)13(14,15)16/h3-5,8-9,11,18H,6-7H2,1-2H3,(H,17,19)/t8-,9-,11+/m0/s1. The minimum absolute atomic E-state index is 0.00273. The van der Waals surface area contributed by atoms with Gasteiger partial charge in [0.1, 0.15) is 5.82 Å². The third-order valence-electron chi connectivity index (χ3n) is 3.27. The average Bonchev–Trinajstić information content (AvgIpc) is 2.37. The predicted molar refractivity (Wildman–Crippen MR) is 69.5 cm³/mol. The highest BCUT2D eigenvalue weighted by atomic mass is 19.4. The van der Waals surface area contributed by atoms with Crippen LogP contribution in [0.3, 0.4) is 0 Å². The number of anilines is 1. The Morgan fingerprint density at radius 3 is 2.85 bits per heavy atom. The van der Waals surface area contributed by atoms with Gasteiger partial charge in [-0.05, 0) is 26.0 Å². The molecule has 0 amide bonds. The zero-order chi connectivity index (χ0) is 14.8. The Balaban J connectivity index is 1.94. The van der Waals surface area contributed by atoms with Crippen LogP contribution < -0.4 is 10.6 Å². The molecular weight excluding hydrogens is 271 g/mol. The molecule has 1 aromatic heterocycles. The summed E-state index contributed by atoms with van der Waals surface area (Å²) in [6.07, 6.45) is -3.06. The zero-order valence-electron chi connectivity index (χ0n) is 11.4. The lowest BCUT2D eigenvalue weighted by Crippen LogP contribution is -2.53. The van der Waals surface area contributed by atoms with Gasteiger partial charge < -0.3 is 15.4 Å². The molecule has 1 saturated heterocycles. The number of rotatable bonds is 3. The molecule has 0 unspecified atom stereocenters. The van der Waals surface area contributed by atoms with Crippen LogP contribution in [0.5, 0.6) is 0 Å². The fourth-order valence-electron chi connectivity index (χ4n) is 2.15. The molecule has 1 aliphatic rings. The smallest absolute Gasteiger partial charge is 0.373 e. The number of halogens is 3. The summed E-state index contributed by atoms with van der Waals surface area (Å²) < 4.78 is 43.4. The minimum Gasteiger partial charge on any atom is -0.373 e. The van der Waals surface area contributed by atoms with Gasteiger partial charge in [0.2, 0.25) is 0 Å². The summed E-state index contributed by atoms with van der Waals surface area (Å²) in [5, 5.41) is 6.21. The van der Waals surface area contributed by atoms with Crippen molar-refractivity contribution in [3.8, 4) is 0 Å². The van der Waals surface area contributed by atoms with Gasteiger partial charge in [0.15, 0.2) is 0 Å². The van der Waals surface area contributed by atoms with Crippen molar-refractivity contribution in [3.63, 3.8) is 0 Å². The van der Waals surface area contributed by atoms with Crippen LogP contribution in [-0.4, -0.2) is 36.3 Å². The summed E-state index contributed by atoms with van der Waals surface area (Å²) in [4.78, 5) is 3.90. The van der Waals surface area contributed by atoms with E-state index in [4.69, 9.17) is 4.74 Å². The normalized spacial score (nSPS) is 27.4. The summed E-state index contributed by atoms with van der Waals surface area (Å²) in [6, 6.07) is 2.01. The first kappa shape index (κ1) is 15.1. The van der Waals surface area contributed by atoms with Gasteiger partial charge in [-0.2, -0.15) is 13.2 Å². The van der Waals surface area contributed by atoms with E-state index in [1.54, 1.807) is 0 Å². The van der Waals surface area contributed by atoms with Crippen molar-refractivity contribution in [2.75, 3.05) is 18.4 Å². The van der Waals surface area contributed by atoms with E-state index in [-0.39, 0.29) is 24.1 Å². The highest BCUT2D eigenvalue weighted by Gasteiger charge is 2.31. The van der Waals surface area contributed by atoms with E-state index in [9.17, 15) is 13.2 Å². The van der Waals surface area contributed by atoms with Gasteiger partial charge in [0, 0.05) is 19.3 Å². The average molecular weight is 289 g/mol. The quantitative estimate of drug-likeness (QED) is 0.896. The predicted octanol–water partition coefficient (Wildman–Crippen LogP) is 2.28. The van der Waals surface area contributed by atoms with E-state index in [1.807, 2.05) is 13.8 Å². The molecule has 1 aliphatic heterocycles. The first-order valence-electron chi connectivity index (χ1n) is 6.52. The number of hydrogen-bond acceptors (Lipinski definition) is 4. The van der Waals surface area contributed by atoms with Crippen LogP contribution in [0.4, 0.5) is 19.0 Å². The molecule has 0 aromatic carbocycles.